The van der Waals surface area contributed by atoms with Crippen LogP contribution < -0.4 is 4.90 Å². The summed E-state index contributed by atoms with van der Waals surface area (Å²) in [6.07, 6.45) is 8.29. The van der Waals surface area contributed by atoms with Crippen molar-refractivity contribution in [3.63, 3.8) is 0 Å². The highest BCUT2D eigenvalue weighted by atomic mass is 16.4. The quantitative estimate of drug-likeness (QED) is 0.649. The molecule has 4 rings (SSSR count). The number of likely N-dealkylation sites (N-methyl/N-ethyl adjacent to an activating group) is 1. The largest absolute Gasteiger partial charge is 0.478 e. The number of nitrogens with zero attached hydrogens (tertiary/aromatic N) is 5. The standard InChI is InChI=1S/C23H29N5O2/c1-26(10-9-18-16-27(2)21-6-4-3-5-20(18)21)15-17-7-11-28(12-8-17)23-24-13-19(14-25-23)22(29)30/h3-6,13-14,16-17H,7-12,15H2,1-2H3,(H,29,30). The van der Waals surface area contributed by atoms with Gasteiger partial charge in [0, 0.05) is 62.7 Å². The lowest BCUT2D eigenvalue weighted by atomic mass is 9.96. The normalized spacial score (nSPS) is 15.2. The number of piperidine rings is 1. The molecule has 0 spiro atoms. The Morgan fingerprint density at radius 3 is 2.60 bits per heavy atom. The summed E-state index contributed by atoms with van der Waals surface area (Å²) in [7, 11) is 4.33. The van der Waals surface area contributed by atoms with Crippen LogP contribution >= 0.6 is 0 Å². The molecule has 0 unspecified atom stereocenters. The van der Waals surface area contributed by atoms with E-state index in [1.807, 2.05) is 0 Å². The van der Waals surface area contributed by atoms with E-state index >= 15 is 0 Å². The van der Waals surface area contributed by atoms with Gasteiger partial charge in [0.15, 0.2) is 0 Å². The van der Waals surface area contributed by atoms with Gasteiger partial charge in [0.1, 0.15) is 0 Å². The molecule has 0 radical (unpaired) electrons. The molecule has 158 valence electrons. The zero-order valence-corrected chi connectivity index (χ0v) is 17.7. The van der Waals surface area contributed by atoms with E-state index in [9.17, 15) is 4.79 Å². The Labute approximate surface area is 177 Å². The molecule has 3 aromatic rings. The van der Waals surface area contributed by atoms with E-state index in [4.69, 9.17) is 5.11 Å². The predicted molar refractivity (Wildman–Crippen MR) is 118 cm³/mol. The number of hydrogen-bond acceptors (Lipinski definition) is 5. The van der Waals surface area contributed by atoms with Crippen LogP contribution in [0.25, 0.3) is 10.9 Å². The first-order valence-corrected chi connectivity index (χ1v) is 10.5. The second-order valence-electron chi connectivity index (χ2n) is 8.30. The lowest BCUT2D eigenvalue weighted by Gasteiger charge is -2.33. The van der Waals surface area contributed by atoms with Crippen LogP contribution in [0.3, 0.4) is 0 Å². The molecule has 3 heterocycles. The zero-order valence-electron chi connectivity index (χ0n) is 17.7. The Kier molecular flexibility index (Phi) is 5.99. The van der Waals surface area contributed by atoms with Gasteiger partial charge in [-0.15, -0.1) is 0 Å². The van der Waals surface area contributed by atoms with Crippen molar-refractivity contribution in [2.45, 2.75) is 19.3 Å². The average molecular weight is 408 g/mol. The summed E-state index contributed by atoms with van der Waals surface area (Å²) in [5.41, 5.74) is 2.83. The molecular formula is C23H29N5O2. The van der Waals surface area contributed by atoms with Crippen molar-refractivity contribution < 1.29 is 9.90 Å². The van der Waals surface area contributed by atoms with Gasteiger partial charge in [-0.1, -0.05) is 18.2 Å². The van der Waals surface area contributed by atoms with E-state index < -0.39 is 5.97 Å². The Morgan fingerprint density at radius 1 is 1.20 bits per heavy atom. The van der Waals surface area contributed by atoms with Gasteiger partial charge >= 0.3 is 5.97 Å². The molecule has 1 aliphatic heterocycles. The van der Waals surface area contributed by atoms with Crippen LogP contribution in [0.4, 0.5) is 5.95 Å². The van der Waals surface area contributed by atoms with Gasteiger partial charge < -0.3 is 19.5 Å². The van der Waals surface area contributed by atoms with Crippen LogP contribution in [0.2, 0.25) is 0 Å². The SMILES string of the molecule is CN(CCc1cn(C)c2ccccc12)CC1CCN(c2ncc(C(=O)O)cn2)CC1. The minimum absolute atomic E-state index is 0.126. The minimum atomic E-state index is -0.994. The molecule has 1 fully saturated rings. The smallest absolute Gasteiger partial charge is 0.338 e. The molecule has 0 amide bonds. The topological polar surface area (TPSA) is 74.5 Å². The minimum Gasteiger partial charge on any atom is -0.478 e. The van der Waals surface area contributed by atoms with E-state index in [-0.39, 0.29) is 5.56 Å². The van der Waals surface area contributed by atoms with E-state index in [2.05, 4.69) is 68.9 Å². The predicted octanol–water partition coefficient (Wildman–Crippen LogP) is 3.06. The lowest BCUT2D eigenvalue weighted by Crippen LogP contribution is -2.39. The molecule has 0 aliphatic carbocycles. The van der Waals surface area contributed by atoms with Crippen molar-refractivity contribution in [3.8, 4) is 0 Å². The first kappa shape index (κ1) is 20.3. The third-order valence-corrected chi connectivity index (χ3v) is 6.09. The first-order valence-electron chi connectivity index (χ1n) is 10.5. The third-order valence-electron chi connectivity index (χ3n) is 6.09. The van der Waals surface area contributed by atoms with Gasteiger partial charge in [-0.05, 0) is 43.9 Å². The highest BCUT2D eigenvalue weighted by Crippen LogP contribution is 2.23. The molecule has 1 aromatic carbocycles. The van der Waals surface area contributed by atoms with Gasteiger partial charge in [-0.2, -0.15) is 0 Å². The summed E-state index contributed by atoms with van der Waals surface area (Å²) >= 11 is 0. The number of fused-ring (bicyclic) bond motifs is 1. The molecule has 30 heavy (non-hydrogen) atoms. The van der Waals surface area contributed by atoms with Crippen LogP contribution in [-0.4, -0.2) is 63.7 Å². The summed E-state index contributed by atoms with van der Waals surface area (Å²) in [5.74, 6) is 0.298. The maximum Gasteiger partial charge on any atom is 0.338 e. The van der Waals surface area contributed by atoms with Gasteiger partial charge in [0.25, 0.3) is 0 Å². The Hall–Kier alpha value is -2.93. The molecule has 1 saturated heterocycles. The fraction of sp³-hybridized carbons (Fsp3) is 0.435. The number of para-hydroxylation sites is 1. The van der Waals surface area contributed by atoms with Crippen LogP contribution in [0.15, 0.2) is 42.9 Å². The number of aromatic carboxylic acids is 1. The fourth-order valence-electron chi connectivity index (χ4n) is 4.38. The van der Waals surface area contributed by atoms with E-state index in [1.54, 1.807) is 0 Å². The van der Waals surface area contributed by atoms with E-state index in [0.717, 1.165) is 45.4 Å². The van der Waals surface area contributed by atoms with Crippen molar-refractivity contribution in [2.24, 2.45) is 13.0 Å². The summed E-state index contributed by atoms with van der Waals surface area (Å²) in [5, 5.41) is 10.3. The van der Waals surface area contributed by atoms with Crippen molar-refractivity contribution in [1.29, 1.82) is 0 Å². The molecular weight excluding hydrogens is 378 g/mol. The van der Waals surface area contributed by atoms with Crippen molar-refractivity contribution in [3.05, 3.63) is 54.0 Å². The Balaban J connectivity index is 1.26. The summed E-state index contributed by atoms with van der Waals surface area (Å²) in [6, 6.07) is 8.60. The summed E-state index contributed by atoms with van der Waals surface area (Å²) in [6.45, 7) is 3.97. The molecule has 0 saturated carbocycles. The Bertz CT molecular complexity index is 1010. The van der Waals surface area contributed by atoms with Crippen molar-refractivity contribution in [2.75, 3.05) is 38.1 Å². The van der Waals surface area contributed by atoms with Gasteiger partial charge in [-0.3, -0.25) is 0 Å². The first-order chi connectivity index (χ1) is 14.5. The highest BCUT2D eigenvalue weighted by molar-refractivity contribution is 5.86. The second kappa shape index (κ2) is 8.83. The molecule has 1 N–H and O–H groups in total. The maximum absolute atomic E-state index is 10.9. The van der Waals surface area contributed by atoms with E-state index in [1.165, 1.54) is 28.9 Å². The second-order valence-corrected chi connectivity index (χ2v) is 8.30. The zero-order chi connectivity index (χ0) is 21.1. The monoisotopic (exact) mass is 407 g/mol. The molecule has 7 heteroatoms. The number of benzene rings is 1. The summed E-state index contributed by atoms with van der Waals surface area (Å²) < 4.78 is 2.21. The van der Waals surface area contributed by atoms with Gasteiger partial charge in [-0.25, -0.2) is 14.8 Å². The van der Waals surface area contributed by atoms with Crippen molar-refractivity contribution >= 4 is 22.8 Å². The van der Waals surface area contributed by atoms with Crippen LogP contribution in [-0.2, 0) is 13.5 Å². The number of hydrogen-bond donors (Lipinski definition) is 1. The van der Waals surface area contributed by atoms with Crippen molar-refractivity contribution in [1.82, 2.24) is 19.4 Å². The average Bonchev–Trinajstić information content (AvgIpc) is 3.09. The van der Waals surface area contributed by atoms with E-state index in [0.29, 0.717) is 11.9 Å². The lowest BCUT2D eigenvalue weighted by molar-refractivity contribution is 0.0696. The number of aryl methyl sites for hydroxylation is 1. The third kappa shape index (κ3) is 4.46. The molecule has 1 aliphatic rings. The number of rotatable bonds is 7. The summed E-state index contributed by atoms with van der Waals surface area (Å²) in [4.78, 5) is 24.0. The van der Waals surface area contributed by atoms with Crippen LogP contribution in [0, 0.1) is 5.92 Å². The molecule has 7 nitrogen and oxygen atoms in total. The van der Waals surface area contributed by atoms with Gasteiger partial charge in [0.2, 0.25) is 5.95 Å². The molecule has 2 aromatic heterocycles. The molecule has 0 bridgehead atoms. The Morgan fingerprint density at radius 2 is 1.90 bits per heavy atom. The molecule has 0 atom stereocenters. The van der Waals surface area contributed by atoms with Crippen LogP contribution in [0.5, 0.6) is 0 Å². The number of carboxylic acid groups (broad SMARTS) is 1. The number of aromatic nitrogens is 3. The number of carboxylic acids is 1. The van der Waals surface area contributed by atoms with Gasteiger partial charge in [0.05, 0.1) is 5.56 Å². The number of carbonyl (C=O) groups is 1. The highest BCUT2D eigenvalue weighted by Gasteiger charge is 2.22. The number of anilines is 1. The van der Waals surface area contributed by atoms with Crippen LogP contribution in [0.1, 0.15) is 28.8 Å². The maximum atomic E-state index is 10.9. The fourth-order valence-corrected chi connectivity index (χ4v) is 4.38.